The summed E-state index contributed by atoms with van der Waals surface area (Å²) >= 11 is 0. The number of unbranched alkanes of at least 4 members (excludes halogenated alkanes) is 28. The van der Waals surface area contributed by atoms with Crippen molar-refractivity contribution in [2.45, 2.75) is 225 Å². The highest BCUT2D eigenvalue weighted by Crippen LogP contribution is 2.15. The predicted octanol–water partition coefficient (Wildman–Crippen LogP) is 12.8. The molecule has 0 aliphatic rings. The molecule has 0 saturated carbocycles. The van der Waals surface area contributed by atoms with Gasteiger partial charge in [0.2, 0.25) is 0 Å². The Hall–Kier alpha value is -1.06. The van der Waals surface area contributed by atoms with Crippen molar-refractivity contribution in [2.24, 2.45) is 0 Å². The van der Waals surface area contributed by atoms with Gasteiger partial charge in [0, 0.05) is 12.8 Å². The standard InChI is InChI=1S/C39H75O4/c1-4-6-8-10-12-14-16-18-20-22-24-26-28-30-32-34-38(40)42-36-37(3)43-39(41)35-33-31-29-27-25-23-21-19-17-15-13-11-9-7-5-2/h37H,3-36H2,1-2H3. The van der Waals surface area contributed by atoms with Crippen molar-refractivity contribution >= 4 is 11.9 Å². The van der Waals surface area contributed by atoms with Gasteiger partial charge in [-0.1, -0.05) is 194 Å². The van der Waals surface area contributed by atoms with E-state index in [4.69, 9.17) is 9.47 Å². The van der Waals surface area contributed by atoms with E-state index in [0.717, 1.165) is 25.7 Å². The van der Waals surface area contributed by atoms with Gasteiger partial charge in [-0.05, 0) is 19.8 Å². The second kappa shape index (κ2) is 35.4. The fourth-order valence-corrected chi connectivity index (χ4v) is 5.82. The maximum absolute atomic E-state index is 12.1. The summed E-state index contributed by atoms with van der Waals surface area (Å²) in [5.41, 5.74) is 0. The van der Waals surface area contributed by atoms with Crippen LogP contribution in [0.1, 0.15) is 219 Å². The van der Waals surface area contributed by atoms with Gasteiger partial charge in [0.15, 0.2) is 0 Å². The van der Waals surface area contributed by atoms with E-state index in [1.54, 1.807) is 0 Å². The van der Waals surface area contributed by atoms with Crippen LogP contribution in [0.15, 0.2) is 0 Å². The second-order valence-electron chi connectivity index (χ2n) is 13.2. The van der Waals surface area contributed by atoms with Crippen molar-refractivity contribution in [1.29, 1.82) is 0 Å². The molecule has 0 spiro atoms. The van der Waals surface area contributed by atoms with Crippen LogP contribution in [0.25, 0.3) is 0 Å². The van der Waals surface area contributed by atoms with Gasteiger partial charge in [0.05, 0.1) is 0 Å². The lowest BCUT2D eigenvalue weighted by Crippen LogP contribution is -2.22. The van der Waals surface area contributed by atoms with E-state index in [9.17, 15) is 9.59 Å². The van der Waals surface area contributed by atoms with Gasteiger partial charge in [-0.25, -0.2) is 0 Å². The molecule has 0 aliphatic heterocycles. The summed E-state index contributed by atoms with van der Waals surface area (Å²) in [6, 6.07) is 0. The van der Waals surface area contributed by atoms with Crippen LogP contribution in [-0.4, -0.2) is 24.6 Å². The number of carbonyl (C=O) groups is 2. The summed E-state index contributed by atoms with van der Waals surface area (Å²) in [4.78, 5) is 24.1. The van der Waals surface area contributed by atoms with Crippen molar-refractivity contribution in [3.63, 3.8) is 0 Å². The highest BCUT2D eigenvalue weighted by atomic mass is 16.6. The third kappa shape index (κ3) is 35.3. The average Bonchev–Trinajstić information content (AvgIpc) is 3.00. The van der Waals surface area contributed by atoms with Gasteiger partial charge >= 0.3 is 11.9 Å². The van der Waals surface area contributed by atoms with Crippen molar-refractivity contribution < 1.29 is 19.1 Å². The van der Waals surface area contributed by atoms with Crippen molar-refractivity contribution in [2.75, 3.05) is 6.61 Å². The summed E-state index contributed by atoms with van der Waals surface area (Å²) in [6.45, 7) is 8.44. The Balaban J connectivity index is 3.38. The molecule has 0 aromatic carbocycles. The quantitative estimate of drug-likeness (QED) is 0.0531. The first-order chi connectivity index (χ1) is 21.1. The zero-order chi connectivity index (χ0) is 31.5. The van der Waals surface area contributed by atoms with Gasteiger partial charge in [0.1, 0.15) is 12.7 Å². The second-order valence-corrected chi connectivity index (χ2v) is 13.2. The SMILES string of the molecule is [CH2]C(COC(=O)CCCCCCCCCCCCCCCCC)OC(=O)CCCCCCCCCCCCCCCCC. The van der Waals surface area contributed by atoms with E-state index >= 15 is 0 Å². The van der Waals surface area contributed by atoms with Crippen LogP contribution in [0.5, 0.6) is 0 Å². The molecule has 4 heteroatoms. The monoisotopic (exact) mass is 608 g/mol. The molecule has 4 nitrogen and oxygen atoms in total. The molecule has 0 amide bonds. The molecule has 0 aliphatic carbocycles. The Bertz CT molecular complexity index is 576. The molecule has 0 bridgehead atoms. The Kier molecular flexibility index (Phi) is 34.5. The number of ether oxygens (including phenoxy) is 2. The fraction of sp³-hybridized carbons (Fsp3) is 0.923. The number of hydrogen-bond acceptors (Lipinski definition) is 4. The lowest BCUT2D eigenvalue weighted by atomic mass is 10.0. The van der Waals surface area contributed by atoms with Gasteiger partial charge in [-0.3, -0.25) is 9.59 Å². The maximum Gasteiger partial charge on any atom is 0.306 e. The Morgan fingerprint density at radius 2 is 0.674 bits per heavy atom. The lowest BCUT2D eigenvalue weighted by molar-refractivity contribution is -0.156. The molecule has 0 saturated heterocycles. The summed E-state index contributed by atoms with van der Waals surface area (Å²) in [6.07, 6.45) is 39.5. The van der Waals surface area contributed by atoms with Crippen LogP contribution in [-0.2, 0) is 19.1 Å². The Morgan fingerprint density at radius 1 is 0.419 bits per heavy atom. The molecule has 1 atom stereocenters. The minimum Gasteiger partial charge on any atom is -0.462 e. The van der Waals surface area contributed by atoms with E-state index in [2.05, 4.69) is 20.8 Å². The molecule has 1 unspecified atom stereocenters. The average molecular weight is 608 g/mol. The van der Waals surface area contributed by atoms with Gasteiger partial charge < -0.3 is 9.47 Å². The molecule has 0 heterocycles. The van der Waals surface area contributed by atoms with E-state index in [0.29, 0.717) is 12.8 Å². The van der Waals surface area contributed by atoms with E-state index in [1.165, 1.54) is 167 Å². The molecule has 0 N–H and O–H groups in total. The maximum atomic E-state index is 12.1. The normalized spacial score (nSPS) is 12.0. The number of carbonyl (C=O) groups excluding carboxylic acids is 2. The Labute approximate surface area is 269 Å². The minimum atomic E-state index is -0.617. The summed E-state index contributed by atoms with van der Waals surface area (Å²) in [5.74, 6) is -0.435. The van der Waals surface area contributed by atoms with Crippen LogP contribution in [0.4, 0.5) is 0 Å². The minimum absolute atomic E-state index is 0.0577. The first kappa shape index (κ1) is 41.9. The molecule has 0 fully saturated rings. The fourth-order valence-electron chi connectivity index (χ4n) is 5.82. The summed E-state index contributed by atoms with van der Waals surface area (Å²) in [5, 5.41) is 0. The first-order valence-corrected chi connectivity index (χ1v) is 19.3. The first-order valence-electron chi connectivity index (χ1n) is 19.3. The number of esters is 2. The van der Waals surface area contributed by atoms with Crippen molar-refractivity contribution in [3.05, 3.63) is 6.92 Å². The zero-order valence-corrected chi connectivity index (χ0v) is 29.3. The molecule has 0 rings (SSSR count). The highest BCUT2D eigenvalue weighted by Gasteiger charge is 2.12. The largest absolute Gasteiger partial charge is 0.462 e. The predicted molar refractivity (Wildman–Crippen MR) is 185 cm³/mol. The molecule has 0 aromatic rings. The molecule has 255 valence electrons. The summed E-state index contributed by atoms with van der Waals surface area (Å²) in [7, 11) is 0. The van der Waals surface area contributed by atoms with E-state index in [-0.39, 0.29) is 18.5 Å². The lowest BCUT2D eigenvalue weighted by Gasteiger charge is -2.13. The van der Waals surface area contributed by atoms with Crippen LogP contribution < -0.4 is 0 Å². The molecule has 1 radical (unpaired) electrons. The summed E-state index contributed by atoms with van der Waals surface area (Å²) < 4.78 is 10.6. The molecular weight excluding hydrogens is 532 g/mol. The molecular formula is C39H75O4. The zero-order valence-electron chi connectivity index (χ0n) is 29.3. The smallest absolute Gasteiger partial charge is 0.306 e. The number of rotatable bonds is 35. The van der Waals surface area contributed by atoms with E-state index < -0.39 is 6.10 Å². The van der Waals surface area contributed by atoms with Crippen LogP contribution in [0, 0.1) is 6.92 Å². The van der Waals surface area contributed by atoms with E-state index in [1.807, 2.05) is 0 Å². The third-order valence-corrected chi connectivity index (χ3v) is 8.70. The third-order valence-electron chi connectivity index (χ3n) is 8.70. The van der Waals surface area contributed by atoms with Gasteiger partial charge in [0.25, 0.3) is 0 Å². The van der Waals surface area contributed by atoms with Gasteiger partial charge in [-0.15, -0.1) is 0 Å². The Morgan fingerprint density at radius 3 is 0.977 bits per heavy atom. The van der Waals surface area contributed by atoms with Crippen LogP contribution >= 0.6 is 0 Å². The highest BCUT2D eigenvalue weighted by molar-refractivity contribution is 5.70. The number of hydrogen-bond donors (Lipinski definition) is 0. The van der Waals surface area contributed by atoms with Crippen LogP contribution in [0.2, 0.25) is 0 Å². The molecule has 0 aromatic heterocycles. The topological polar surface area (TPSA) is 52.6 Å². The van der Waals surface area contributed by atoms with Crippen molar-refractivity contribution in [3.8, 4) is 0 Å². The van der Waals surface area contributed by atoms with Crippen molar-refractivity contribution in [1.82, 2.24) is 0 Å². The van der Waals surface area contributed by atoms with Gasteiger partial charge in [-0.2, -0.15) is 0 Å². The molecule has 43 heavy (non-hydrogen) atoms. The van der Waals surface area contributed by atoms with Crippen LogP contribution in [0.3, 0.4) is 0 Å².